The van der Waals surface area contributed by atoms with Gasteiger partial charge in [-0.05, 0) is 31.7 Å². The Balaban J connectivity index is 1.44. The maximum atomic E-state index is 4.69. The van der Waals surface area contributed by atoms with E-state index in [1.165, 1.54) is 48.3 Å². The fraction of sp³-hybridized carbons (Fsp3) is 0.529. The van der Waals surface area contributed by atoms with Crippen LogP contribution >= 0.6 is 0 Å². The highest BCUT2D eigenvalue weighted by Crippen LogP contribution is 2.43. The van der Waals surface area contributed by atoms with E-state index in [0.717, 1.165) is 30.8 Å². The molecule has 4 heterocycles. The molecule has 2 fully saturated rings. The molecule has 0 atom stereocenters. The highest BCUT2D eigenvalue weighted by molar-refractivity contribution is 5.69. The maximum absolute atomic E-state index is 4.69. The van der Waals surface area contributed by atoms with E-state index < -0.39 is 0 Å². The predicted octanol–water partition coefficient (Wildman–Crippen LogP) is 2.16. The fourth-order valence-corrected chi connectivity index (χ4v) is 3.86. The number of anilines is 1. The molecule has 7 heteroatoms. The van der Waals surface area contributed by atoms with Gasteiger partial charge in [0.2, 0.25) is 5.65 Å². The van der Waals surface area contributed by atoms with Gasteiger partial charge >= 0.3 is 0 Å². The van der Waals surface area contributed by atoms with Crippen LogP contribution in [0.4, 0.5) is 5.69 Å². The number of aromatic amines is 1. The minimum absolute atomic E-state index is 0.617. The summed E-state index contributed by atoms with van der Waals surface area (Å²) in [6.07, 6.45) is 7.79. The smallest absolute Gasteiger partial charge is 0.200 e. The molecular formula is C17H19N7. The largest absolute Gasteiger partial charge is 0.364 e. The van der Waals surface area contributed by atoms with Crippen LogP contribution in [0.5, 0.6) is 0 Å². The predicted molar refractivity (Wildman–Crippen MR) is 88.1 cm³/mol. The molecule has 3 aromatic rings. The van der Waals surface area contributed by atoms with E-state index >= 15 is 0 Å². The average Bonchev–Trinajstić information content (AvgIpc) is 3.54. The molecule has 1 aliphatic heterocycles. The molecule has 0 unspecified atom stereocenters. The van der Waals surface area contributed by atoms with Gasteiger partial charge in [0.05, 0.1) is 17.1 Å². The Labute approximate surface area is 139 Å². The summed E-state index contributed by atoms with van der Waals surface area (Å²) in [6.45, 7) is 1.89. The summed E-state index contributed by atoms with van der Waals surface area (Å²) < 4.78 is 1.84. The molecule has 24 heavy (non-hydrogen) atoms. The van der Waals surface area contributed by atoms with Crippen LogP contribution in [-0.4, -0.2) is 36.6 Å². The van der Waals surface area contributed by atoms with Crippen molar-refractivity contribution < 1.29 is 0 Å². The van der Waals surface area contributed by atoms with Gasteiger partial charge in [0.1, 0.15) is 6.33 Å². The monoisotopic (exact) mass is 321 g/mol. The molecule has 2 saturated carbocycles. The number of H-pyrrole nitrogens is 1. The summed E-state index contributed by atoms with van der Waals surface area (Å²) in [4.78, 5) is 2.43. The third-order valence-electron chi connectivity index (χ3n) is 5.53. The molecule has 1 N–H and O–H groups in total. The molecule has 0 aromatic carbocycles. The van der Waals surface area contributed by atoms with E-state index in [2.05, 4.69) is 36.5 Å². The first kappa shape index (κ1) is 12.9. The zero-order chi connectivity index (χ0) is 15.7. The molecule has 0 radical (unpaired) electrons. The molecule has 0 spiro atoms. The van der Waals surface area contributed by atoms with Crippen molar-refractivity contribution in [2.24, 2.45) is 0 Å². The van der Waals surface area contributed by atoms with Crippen molar-refractivity contribution in [1.29, 1.82) is 0 Å². The summed E-state index contributed by atoms with van der Waals surface area (Å²) >= 11 is 0. The molecule has 3 aliphatic rings. The molecule has 6 rings (SSSR count). The van der Waals surface area contributed by atoms with Crippen molar-refractivity contribution in [3.8, 4) is 0 Å². The molecule has 0 saturated heterocycles. The van der Waals surface area contributed by atoms with Crippen molar-refractivity contribution in [2.75, 3.05) is 11.4 Å². The van der Waals surface area contributed by atoms with E-state index in [4.69, 9.17) is 0 Å². The first-order valence-electron chi connectivity index (χ1n) is 8.89. The van der Waals surface area contributed by atoms with Gasteiger partial charge in [-0.2, -0.15) is 14.7 Å². The van der Waals surface area contributed by atoms with Crippen LogP contribution in [0, 0.1) is 0 Å². The van der Waals surface area contributed by atoms with Crippen molar-refractivity contribution >= 4 is 11.3 Å². The van der Waals surface area contributed by atoms with E-state index in [1.54, 1.807) is 6.33 Å². The molecular weight excluding hydrogens is 302 g/mol. The lowest BCUT2D eigenvalue weighted by Gasteiger charge is -2.29. The normalized spacial score (nSPS) is 20.6. The van der Waals surface area contributed by atoms with Gasteiger partial charge in [-0.3, -0.25) is 5.10 Å². The van der Waals surface area contributed by atoms with Gasteiger partial charge in [-0.15, -0.1) is 10.2 Å². The summed E-state index contributed by atoms with van der Waals surface area (Å²) in [5.41, 5.74) is 7.23. The Morgan fingerprint density at radius 2 is 2.00 bits per heavy atom. The van der Waals surface area contributed by atoms with Gasteiger partial charge in [0.15, 0.2) is 0 Å². The Kier molecular flexibility index (Phi) is 2.45. The maximum Gasteiger partial charge on any atom is 0.200 e. The lowest BCUT2D eigenvalue weighted by Crippen LogP contribution is -2.31. The lowest BCUT2D eigenvalue weighted by molar-refractivity contribution is 0.712. The molecule has 7 nitrogen and oxygen atoms in total. The number of rotatable bonds is 3. The van der Waals surface area contributed by atoms with Crippen molar-refractivity contribution in [3.05, 3.63) is 35.0 Å². The lowest BCUT2D eigenvalue weighted by atomic mass is 10.0. The van der Waals surface area contributed by atoms with E-state index in [-0.39, 0.29) is 0 Å². The highest BCUT2D eigenvalue weighted by Gasteiger charge is 2.33. The van der Waals surface area contributed by atoms with Crippen LogP contribution < -0.4 is 4.90 Å². The summed E-state index contributed by atoms with van der Waals surface area (Å²) in [5, 5.41) is 20.9. The number of hydrogen-bond acceptors (Lipinski definition) is 5. The van der Waals surface area contributed by atoms with Crippen LogP contribution in [0.1, 0.15) is 60.2 Å². The third kappa shape index (κ3) is 1.90. The van der Waals surface area contributed by atoms with Gasteiger partial charge in [0.25, 0.3) is 0 Å². The number of nitrogens with one attached hydrogen (secondary N) is 1. The third-order valence-corrected chi connectivity index (χ3v) is 5.53. The summed E-state index contributed by atoms with van der Waals surface area (Å²) in [5.74, 6) is 1.30. The number of fused-ring (bicyclic) bond motifs is 2. The average molecular weight is 321 g/mol. The molecule has 3 aromatic heterocycles. The topological polar surface area (TPSA) is 75.0 Å². The minimum Gasteiger partial charge on any atom is -0.364 e. The second-order valence-electron chi connectivity index (χ2n) is 7.34. The second kappa shape index (κ2) is 4.55. The molecule has 0 bridgehead atoms. The van der Waals surface area contributed by atoms with Crippen LogP contribution in [0.2, 0.25) is 0 Å². The summed E-state index contributed by atoms with van der Waals surface area (Å²) in [6, 6.07) is 2.24. The van der Waals surface area contributed by atoms with Gasteiger partial charge in [-0.1, -0.05) is 0 Å². The molecule has 122 valence electrons. The molecule has 0 amide bonds. The standard InChI is InChI=1S/C17H19N7/c1-2-10(1)14-7-15(17-21-18-9-24(17)22-14)23-6-5-13-12(8-23)16(20-19-13)11-3-4-11/h7,9-11H,1-6,8H2,(H,19,20). The van der Waals surface area contributed by atoms with Gasteiger partial charge < -0.3 is 4.90 Å². The zero-order valence-electron chi connectivity index (χ0n) is 13.4. The first-order valence-corrected chi connectivity index (χ1v) is 8.89. The van der Waals surface area contributed by atoms with E-state index in [9.17, 15) is 0 Å². The summed E-state index contributed by atoms with van der Waals surface area (Å²) in [7, 11) is 0. The highest BCUT2D eigenvalue weighted by atomic mass is 15.4. The number of nitrogens with zero attached hydrogens (tertiary/aromatic N) is 6. The molecule has 2 aliphatic carbocycles. The first-order chi connectivity index (χ1) is 11.9. The van der Waals surface area contributed by atoms with Crippen LogP contribution in [0.15, 0.2) is 12.4 Å². The fourth-order valence-electron chi connectivity index (χ4n) is 3.86. The van der Waals surface area contributed by atoms with Crippen molar-refractivity contribution in [2.45, 2.75) is 50.5 Å². The van der Waals surface area contributed by atoms with E-state index in [1.807, 2.05) is 4.52 Å². The quantitative estimate of drug-likeness (QED) is 0.800. The SMILES string of the molecule is c1c(C2CC2)nn2cnnc2c1N1CCc2[nH]nc(C3CC3)c2C1. The Morgan fingerprint density at radius 3 is 2.83 bits per heavy atom. The van der Waals surface area contributed by atoms with Gasteiger partial charge in [0, 0.05) is 42.6 Å². The Morgan fingerprint density at radius 1 is 1.12 bits per heavy atom. The van der Waals surface area contributed by atoms with Gasteiger partial charge in [-0.25, -0.2) is 0 Å². The minimum atomic E-state index is 0.617. The number of hydrogen-bond donors (Lipinski definition) is 1. The Hall–Kier alpha value is -2.44. The van der Waals surface area contributed by atoms with Crippen molar-refractivity contribution in [3.63, 3.8) is 0 Å². The Bertz CT molecular complexity index is 932. The zero-order valence-corrected chi connectivity index (χ0v) is 13.4. The number of aromatic nitrogens is 6. The van der Waals surface area contributed by atoms with Crippen LogP contribution in [0.25, 0.3) is 5.65 Å². The second-order valence-corrected chi connectivity index (χ2v) is 7.34. The van der Waals surface area contributed by atoms with Crippen molar-refractivity contribution in [1.82, 2.24) is 30.0 Å². The van der Waals surface area contributed by atoms with E-state index in [0.29, 0.717) is 11.8 Å². The van der Waals surface area contributed by atoms with Crippen LogP contribution in [0.3, 0.4) is 0 Å². The van der Waals surface area contributed by atoms with Crippen LogP contribution in [-0.2, 0) is 13.0 Å².